The molecule has 5 nitrogen and oxygen atoms in total. The molecule has 0 radical (unpaired) electrons. The van der Waals surface area contributed by atoms with E-state index in [4.69, 9.17) is 0 Å². The maximum absolute atomic E-state index is 9.56. The molecule has 1 aromatic heterocycles. The van der Waals surface area contributed by atoms with Crippen LogP contribution in [-0.4, -0.2) is 14.9 Å². The second-order valence-electron chi connectivity index (χ2n) is 4.66. The maximum Gasteiger partial charge on any atom is 0.146 e. The van der Waals surface area contributed by atoms with Gasteiger partial charge in [-0.2, -0.15) is 5.10 Å². The Labute approximate surface area is 105 Å². The van der Waals surface area contributed by atoms with Gasteiger partial charge in [-0.25, -0.2) is 10.1 Å². The van der Waals surface area contributed by atoms with Crippen molar-refractivity contribution in [2.75, 3.05) is 5.43 Å². The van der Waals surface area contributed by atoms with Crippen LogP contribution in [0.25, 0.3) is 0 Å². The van der Waals surface area contributed by atoms with Crippen molar-refractivity contribution < 1.29 is 5.11 Å². The van der Waals surface area contributed by atoms with Crippen molar-refractivity contribution in [1.29, 1.82) is 0 Å². The van der Waals surface area contributed by atoms with Crippen LogP contribution >= 0.6 is 0 Å². The molecule has 0 amide bonds. The molecule has 0 bridgehead atoms. The lowest BCUT2D eigenvalue weighted by Gasteiger charge is -2.12. The van der Waals surface area contributed by atoms with E-state index >= 15 is 0 Å². The van der Waals surface area contributed by atoms with Gasteiger partial charge in [-0.15, -0.1) is 0 Å². The highest BCUT2D eigenvalue weighted by Gasteiger charge is 2.25. The summed E-state index contributed by atoms with van der Waals surface area (Å²) in [5.74, 6) is 0.873. The first-order chi connectivity index (χ1) is 8.65. The van der Waals surface area contributed by atoms with E-state index in [1.54, 1.807) is 6.92 Å². The summed E-state index contributed by atoms with van der Waals surface area (Å²) in [6.07, 6.45) is -0.588. The molecule has 0 saturated carbocycles. The predicted octanol–water partition coefficient (Wildman–Crippen LogP) is 1.72. The molecule has 2 aromatic rings. The molecule has 2 unspecified atom stereocenters. The van der Waals surface area contributed by atoms with Crippen molar-refractivity contribution in [3.8, 4) is 0 Å². The Bertz CT molecular complexity index is 576. The summed E-state index contributed by atoms with van der Waals surface area (Å²) in [7, 11) is 0. The fourth-order valence-electron chi connectivity index (χ4n) is 2.18. The van der Waals surface area contributed by atoms with Crippen LogP contribution in [0.1, 0.15) is 36.0 Å². The monoisotopic (exact) mass is 244 g/mol. The van der Waals surface area contributed by atoms with Gasteiger partial charge in [0.2, 0.25) is 0 Å². The van der Waals surface area contributed by atoms with Crippen LogP contribution in [0.4, 0.5) is 5.82 Å². The second-order valence-corrected chi connectivity index (χ2v) is 4.66. The number of fused-ring (bicyclic) bond motifs is 1. The smallest absolute Gasteiger partial charge is 0.146 e. The molecule has 2 atom stereocenters. The Hall–Kier alpha value is -1.85. The van der Waals surface area contributed by atoms with Gasteiger partial charge < -0.3 is 10.5 Å². The minimum atomic E-state index is -0.553. The van der Waals surface area contributed by atoms with Crippen molar-refractivity contribution in [2.24, 2.45) is 0 Å². The fourth-order valence-corrected chi connectivity index (χ4v) is 2.18. The molecular weight excluding hydrogens is 228 g/mol. The van der Waals surface area contributed by atoms with Crippen LogP contribution in [0.2, 0.25) is 0 Å². The third-order valence-corrected chi connectivity index (χ3v) is 3.12. The molecule has 0 aliphatic carbocycles. The van der Waals surface area contributed by atoms with E-state index in [1.807, 2.05) is 16.8 Å². The van der Waals surface area contributed by atoms with Crippen LogP contribution < -0.4 is 10.9 Å². The number of aliphatic hydroxyl groups is 1. The second kappa shape index (κ2) is 4.12. The first-order valence-electron chi connectivity index (χ1n) is 6.01. The minimum absolute atomic E-state index is 0.0348. The van der Waals surface area contributed by atoms with E-state index in [9.17, 15) is 5.11 Å². The molecule has 1 aliphatic rings. The Morgan fingerprint density at radius 3 is 2.94 bits per heavy atom. The van der Waals surface area contributed by atoms with Gasteiger partial charge in [0.1, 0.15) is 12.0 Å². The van der Waals surface area contributed by atoms with Gasteiger partial charge in [-0.05, 0) is 19.4 Å². The summed E-state index contributed by atoms with van der Waals surface area (Å²) < 4.78 is 1.86. The zero-order valence-electron chi connectivity index (χ0n) is 10.4. The zero-order valence-corrected chi connectivity index (χ0v) is 10.4. The topological polar surface area (TPSA) is 62.1 Å². The summed E-state index contributed by atoms with van der Waals surface area (Å²) in [5.41, 5.74) is 9.29. The van der Waals surface area contributed by atoms with E-state index in [2.05, 4.69) is 41.1 Å². The molecular formula is C13H16N4O. The highest BCUT2D eigenvalue weighted by Crippen LogP contribution is 2.27. The molecule has 1 aliphatic heterocycles. The highest BCUT2D eigenvalue weighted by molar-refractivity contribution is 5.42. The van der Waals surface area contributed by atoms with Gasteiger partial charge in [0.05, 0.1) is 11.8 Å². The predicted molar refractivity (Wildman–Crippen MR) is 68.9 cm³/mol. The zero-order chi connectivity index (χ0) is 12.7. The first kappa shape index (κ1) is 11.3. The quantitative estimate of drug-likeness (QED) is 0.752. The number of anilines is 1. The number of aromatic nitrogens is 2. The van der Waals surface area contributed by atoms with Gasteiger partial charge in [0.15, 0.2) is 0 Å². The molecule has 2 heterocycles. The van der Waals surface area contributed by atoms with Crippen LogP contribution in [0.5, 0.6) is 0 Å². The molecule has 0 saturated heterocycles. The van der Waals surface area contributed by atoms with Gasteiger partial charge >= 0.3 is 0 Å². The molecule has 5 heteroatoms. The Morgan fingerprint density at radius 2 is 2.22 bits per heavy atom. The van der Waals surface area contributed by atoms with E-state index in [1.165, 1.54) is 5.56 Å². The number of rotatable bonds is 2. The number of aryl methyl sites for hydroxylation is 1. The van der Waals surface area contributed by atoms with E-state index in [0.717, 1.165) is 11.4 Å². The molecule has 18 heavy (non-hydrogen) atoms. The van der Waals surface area contributed by atoms with Crippen LogP contribution in [-0.2, 0) is 0 Å². The van der Waals surface area contributed by atoms with Gasteiger partial charge in [-0.1, -0.05) is 29.8 Å². The van der Waals surface area contributed by atoms with Crippen molar-refractivity contribution >= 4 is 5.82 Å². The standard InChI is InChI=1S/C13H16N4O/c1-8-4-3-5-10(6-8)13-15-14-12-7-11(9(2)18)16-17(12)13/h3-7,9,13-15,18H,1-2H3. The Kier molecular flexibility index (Phi) is 2.57. The lowest BCUT2D eigenvalue weighted by atomic mass is 10.1. The van der Waals surface area contributed by atoms with Crippen molar-refractivity contribution in [3.63, 3.8) is 0 Å². The van der Waals surface area contributed by atoms with Gasteiger partial charge in [0, 0.05) is 6.07 Å². The number of aliphatic hydroxyl groups excluding tert-OH is 1. The molecule has 3 N–H and O–H groups in total. The Balaban J connectivity index is 1.99. The van der Waals surface area contributed by atoms with Gasteiger partial charge in [0.25, 0.3) is 0 Å². The number of nitrogens with one attached hydrogen (secondary N) is 2. The SMILES string of the molecule is Cc1cccc(C2NNc3cc(C(C)O)nn32)c1. The summed E-state index contributed by atoms with van der Waals surface area (Å²) in [6.45, 7) is 3.78. The van der Waals surface area contributed by atoms with E-state index in [0.29, 0.717) is 5.69 Å². The third kappa shape index (κ3) is 1.77. The molecule has 3 rings (SSSR count). The number of nitrogens with zero attached hydrogens (tertiary/aromatic N) is 2. The van der Waals surface area contributed by atoms with Crippen molar-refractivity contribution in [1.82, 2.24) is 15.2 Å². The average molecular weight is 244 g/mol. The third-order valence-electron chi connectivity index (χ3n) is 3.12. The number of benzene rings is 1. The first-order valence-corrected chi connectivity index (χ1v) is 6.01. The summed E-state index contributed by atoms with van der Waals surface area (Å²) in [4.78, 5) is 0. The van der Waals surface area contributed by atoms with Crippen LogP contribution in [0.15, 0.2) is 30.3 Å². The largest absolute Gasteiger partial charge is 0.387 e. The molecule has 0 fully saturated rings. The average Bonchev–Trinajstić information content (AvgIpc) is 2.87. The molecule has 0 spiro atoms. The lowest BCUT2D eigenvalue weighted by molar-refractivity contribution is 0.192. The maximum atomic E-state index is 9.56. The van der Waals surface area contributed by atoms with E-state index < -0.39 is 6.10 Å². The Morgan fingerprint density at radius 1 is 1.39 bits per heavy atom. The van der Waals surface area contributed by atoms with Gasteiger partial charge in [-0.3, -0.25) is 0 Å². The lowest BCUT2D eigenvalue weighted by Crippen LogP contribution is -2.23. The summed E-state index contributed by atoms with van der Waals surface area (Å²) in [6, 6.07) is 10.1. The van der Waals surface area contributed by atoms with Crippen molar-refractivity contribution in [2.45, 2.75) is 26.1 Å². The number of hydrogen-bond acceptors (Lipinski definition) is 4. The summed E-state index contributed by atoms with van der Waals surface area (Å²) in [5, 5.41) is 14.0. The van der Waals surface area contributed by atoms with Crippen LogP contribution in [0, 0.1) is 6.92 Å². The normalized spacial score (nSPS) is 19.4. The highest BCUT2D eigenvalue weighted by atomic mass is 16.3. The van der Waals surface area contributed by atoms with E-state index in [-0.39, 0.29) is 6.17 Å². The van der Waals surface area contributed by atoms with Crippen molar-refractivity contribution in [3.05, 3.63) is 47.2 Å². The number of hydrazine groups is 1. The van der Waals surface area contributed by atoms with Crippen LogP contribution in [0.3, 0.4) is 0 Å². The molecule has 1 aromatic carbocycles. The minimum Gasteiger partial charge on any atom is -0.387 e. The molecule has 94 valence electrons. The number of hydrogen-bond donors (Lipinski definition) is 3. The summed E-state index contributed by atoms with van der Waals surface area (Å²) >= 11 is 0. The fraction of sp³-hybridized carbons (Fsp3) is 0.308.